The van der Waals surface area contributed by atoms with Crippen LogP contribution in [0.5, 0.6) is 0 Å². The number of nitrogens with zero attached hydrogens (tertiary/aromatic N) is 2. The van der Waals surface area contributed by atoms with Gasteiger partial charge in [0.25, 0.3) is 0 Å². The molecule has 2 nitrogen and oxygen atoms in total. The number of hydrogen-bond donors (Lipinski definition) is 0. The quantitative estimate of drug-likeness (QED) is 0.590. The van der Waals surface area contributed by atoms with Crippen LogP contribution in [-0.2, 0) is 0 Å². The van der Waals surface area contributed by atoms with Gasteiger partial charge in [-0.3, -0.25) is 0 Å². The summed E-state index contributed by atoms with van der Waals surface area (Å²) in [6.45, 7) is 0. The van der Waals surface area contributed by atoms with Gasteiger partial charge < -0.3 is 4.40 Å². The number of pyridine rings is 1. The molecule has 0 aromatic carbocycles. The van der Waals surface area contributed by atoms with Crippen molar-refractivity contribution in [2.75, 3.05) is 0 Å². The first-order valence-corrected chi connectivity index (χ1v) is 5.27. The highest BCUT2D eigenvalue weighted by Crippen LogP contribution is 2.24. The van der Waals surface area contributed by atoms with E-state index in [2.05, 4.69) is 40.8 Å². The minimum atomic E-state index is 1.13. The molecule has 0 aliphatic rings. The van der Waals surface area contributed by atoms with Gasteiger partial charge in [-0.15, -0.1) is 11.3 Å². The van der Waals surface area contributed by atoms with E-state index in [1.807, 2.05) is 16.9 Å². The van der Waals surface area contributed by atoms with E-state index in [-0.39, 0.29) is 0 Å². The lowest BCUT2D eigenvalue weighted by molar-refractivity contribution is 1.16. The summed E-state index contributed by atoms with van der Waals surface area (Å²) < 4.78 is 2.04. The number of imidazole rings is 1. The summed E-state index contributed by atoms with van der Waals surface area (Å²) >= 11 is 1.75. The van der Waals surface area contributed by atoms with Gasteiger partial charge in [0.15, 0.2) is 0 Å². The molecule has 0 aliphatic carbocycles. The number of rotatable bonds is 1. The van der Waals surface area contributed by atoms with Gasteiger partial charge in [-0.1, -0.05) is 6.07 Å². The first-order chi connectivity index (χ1) is 6.93. The fourth-order valence-electron chi connectivity index (χ4n) is 1.51. The third-order valence-electron chi connectivity index (χ3n) is 2.21. The lowest BCUT2D eigenvalue weighted by Gasteiger charge is -1.98. The Hall–Kier alpha value is -1.61. The van der Waals surface area contributed by atoms with Crippen LogP contribution in [0.15, 0.2) is 48.4 Å². The first-order valence-electron chi connectivity index (χ1n) is 4.39. The second kappa shape index (κ2) is 2.96. The summed E-state index contributed by atoms with van der Waals surface area (Å²) in [5.41, 5.74) is 2.37. The average molecular weight is 200 g/mol. The summed E-state index contributed by atoms with van der Waals surface area (Å²) in [5, 5.41) is 2.09. The van der Waals surface area contributed by atoms with E-state index in [9.17, 15) is 0 Å². The van der Waals surface area contributed by atoms with E-state index in [1.165, 1.54) is 10.4 Å². The molecule has 3 rings (SSSR count). The second-order valence-electron chi connectivity index (χ2n) is 3.12. The Balaban J connectivity index is 2.23. The van der Waals surface area contributed by atoms with Crippen molar-refractivity contribution in [3.8, 4) is 10.4 Å². The normalized spacial score (nSPS) is 10.9. The molecule has 0 aliphatic heterocycles. The zero-order valence-corrected chi connectivity index (χ0v) is 8.24. The highest BCUT2D eigenvalue weighted by molar-refractivity contribution is 7.13. The number of hydrogen-bond acceptors (Lipinski definition) is 2. The molecule has 0 N–H and O–H groups in total. The minimum absolute atomic E-state index is 1.13. The van der Waals surface area contributed by atoms with Gasteiger partial charge >= 0.3 is 0 Å². The van der Waals surface area contributed by atoms with Gasteiger partial charge in [-0.25, -0.2) is 4.98 Å². The predicted molar refractivity (Wildman–Crippen MR) is 58.5 cm³/mol. The van der Waals surface area contributed by atoms with Gasteiger partial charge in [0.2, 0.25) is 0 Å². The second-order valence-corrected chi connectivity index (χ2v) is 4.07. The van der Waals surface area contributed by atoms with E-state index < -0.39 is 0 Å². The standard InChI is InChI=1S/C11H8N2S/c1-2-11(14-5-1)9-3-4-10-6-12-8-13(10)7-9/h1-8H. The van der Waals surface area contributed by atoms with Crippen LogP contribution in [0.2, 0.25) is 0 Å². The van der Waals surface area contributed by atoms with Crippen LogP contribution in [0.25, 0.3) is 16.0 Å². The van der Waals surface area contributed by atoms with E-state index in [0.29, 0.717) is 0 Å². The summed E-state index contributed by atoms with van der Waals surface area (Å²) in [6.07, 6.45) is 5.79. The lowest BCUT2D eigenvalue weighted by atomic mass is 10.2. The number of fused-ring (bicyclic) bond motifs is 1. The molecule has 0 bridgehead atoms. The van der Waals surface area contributed by atoms with Gasteiger partial charge in [0.1, 0.15) is 0 Å². The van der Waals surface area contributed by atoms with Crippen molar-refractivity contribution >= 4 is 16.9 Å². The van der Waals surface area contributed by atoms with Gasteiger partial charge in [-0.2, -0.15) is 0 Å². The Labute approximate surface area is 85.5 Å². The molecule has 0 radical (unpaired) electrons. The molecule has 0 saturated heterocycles. The highest BCUT2D eigenvalue weighted by atomic mass is 32.1. The van der Waals surface area contributed by atoms with E-state index in [4.69, 9.17) is 0 Å². The average Bonchev–Trinajstić information content (AvgIpc) is 2.88. The smallest absolute Gasteiger partial charge is 0.0992 e. The Morgan fingerprint density at radius 2 is 2.21 bits per heavy atom. The fraction of sp³-hybridized carbons (Fsp3) is 0. The molecule has 0 fully saturated rings. The Morgan fingerprint density at radius 1 is 1.21 bits per heavy atom. The summed E-state index contributed by atoms with van der Waals surface area (Å²) in [5.74, 6) is 0. The number of thiophene rings is 1. The summed E-state index contributed by atoms with van der Waals surface area (Å²) in [6, 6.07) is 8.41. The highest BCUT2D eigenvalue weighted by Gasteiger charge is 1.99. The summed E-state index contributed by atoms with van der Waals surface area (Å²) in [7, 11) is 0. The van der Waals surface area contributed by atoms with E-state index in [1.54, 1.807) is 11.3 Å². The maximum absolute atomic E-state index is 4.09. The minimum Gasteiger partial charge on any atom is -0.306 e. The maximum atomic E-state index is 4.09. The van der Waals surface area contributed by atoms with Crippen LogP contribution >= 0.6 is 11.3 Å². The van der Waals surface area contributed by atoms with Crippen molar-refractivity contribution in [2.45, 2.75) is 0 Å². The molecule has 3 heterocycles. The molecule has 3 aromatic heterocycles. The molecule has 3 aromatic rings. The van der Waals surface area contributed by atoms with Gasteiger partial charge in [-0.05, 0) is 23.6 Å². The topological polar surface area (TPSA) is 17.3 Å². The Kier molecular flexibility index (Phi) is 1.64. The van der Waals surface area contributed by atoms with Crippen LogP contribution in [0, 0.1) is 0 Å². The third kappa shape index (κ3) is 1.14. The Morgan fingerprint density at radius 3 is 3.07 bits per heavy atom. The van der Waals surface area contributed by atoms with Crippen molar-refractivity contribution in [2.24, 2.45) is 0 Å². The van der Waals surface area contributed by atoms with Crippen LogP contribution in [0.4, 0.5) is 0 Å². The zero-order valence-electron chi connectivity index (χ0n) is 7.42. The van der Waals surface area contributed by atoms with E-state index >= 15 is 0 Å². The molecule has 0 spiro atoms. The monoisotopic (exact) mass is 200 g/mol. The van der Waals surface area contributed by atoms with Crippen LogP contribution in [0.1, 0.15) is 0 Å². The Bertz CT molecular complexity index is 551. The van der Waals surface area contributed by atoms with Crippen molar-refractivity contribution in [3.05, 3.63) is 48.4 Å². The molecular weight excluding hydrogens is 192 g/mol. The maximum Gasteiger partial charge on any atom is 0.0992 e. The van der Waals surface area contributed by atoms with Gasteiger partial charge in [0, 0.05) is 16.6 Å². The predicted octanol–water partition coefficient (Wildman–Crippen LogP) is 3.06. The zero-order chi connectivity index (χ0) is 9.38. The van der Waals surface area contributed by atoms with Crippen molar-refractivity contribution in [1.29, 1.82) is 0 Å². The number of aromatic nitrogens is 2. The fourth-order valence-corrected chi connectivity index (χ4v) is 2.23. The molecule has 0 atom stereocenters. The largest absolute Gasteiger partial charge is 0.306 e. The van der Waals surface area contributed by atoms with Crippen LogP contribution in [-0.4, -0.2) is 9.38 Å². The SMILES string of the molecule is c1csc(-c2ccc3cncn3c2)c1. The first kappa shape index (κ1) is 7.76. The van der Waals surface area contributed by atoms with Crippen molar-refractivity contribution in [3.63, 3.8) is 0 Å². The van der Waals surface area contributed by atoms with Crippen molar-refractivity contribution in [1.82, 2.24) is 9.38 Å². The lowest BCUT2D eigenvalue weighted by Crippen LogP contribution is -1.82. The molecule has 0 unspecified atom stereocenters. The van der Waals surface area contributed by atoms with Crippen LogP contribution < -0.4 is 0 Å². The molecule has 68 valence electrons. The third-order valence-corrected chi connectivity index (χ3v) is 3.13. The summed E-state index contributed by atoms with van der Waals surface area (Å²) in [4.78, 5) is 5.38. The molecule has 14 heavy (non-hydrogen) atoms. The van der Waals surface area contributed by atoms with Gasteiger partial charge in [0.05, 0.1) is 18.0 Å². The van der Waals surface area contributed by atoms with E-state index in [0.717, 1.165) is 5.52 Å². The molecular formula is C11H8N2S. The van der Waals surface area contributed by atoms with Crippen LogP contribution in [0.3, 0.4) is 0 Å². The molecule has 0 saturated carbocycles. The molecule has 0 amide bonds. The van der Waals surface area contributed by atoms with Crippen molar-refractivity contribution < 1.29 is 0 Å². The molecule has 3 heteroatoms.